The van der Waals surface area contributed by atoms with Crippen LogP contribution in [-0.4, -0.2) is 57.4 Å². The van der Waals surface area contributed by atoms with Crippen molar-refractivity contribution in [3.63, 3.8) is 0 Å². The average molecular weight is 560 g/mol. The minimum Gasteiger partial charge on any atom is -0.477 e. The Balaban J connectivity index is 1.28. The fourth-order valence-electron chi connectivity index (χ4n) is 5.88. The lowest BCUT2D eigenvalue weighted by Gasteiger charge is -2.36. The molecule has 0 radical (unpaired) electrons. The van der Waals surface area contributed by atoms with Crippen molar-refractivity contribution in [3.05, 3.63) is 83.2 Å². The summed E-state index contributed by atoms with van der Waals surface area (Å²) in [4.78, 5) is 41.8. The second kappa shape index (κ2) is 11.7. The number of carbonyl (C=O) groups is 3. The molecule has 0 spiro atoms. The molecule has 0 aliphatic heterocycles. The van der Waals surface area contributed by atoms with E-state index in [1.807, 2.05) is 45.0 Å². The van der Waals surface area contributed by atoms with E-state index < -0.39 is 23.8 Å². The molecule has 0 bridgehead atoms. The zero-order valence-electron chi connectivity index (χ0n) is 23.7. The van der Waals surface area contributed by atoms with Crippen LogP contribution in [0.3, 0.4) is 0 Å². The summed E-state index contributed by atoms with van der Waals surface area (Å²) in [5, 5.41) is 12.3. The number of fused-ring (bicyclic) bond motifs is 3. The number of alkyl carbamates (subject to hydrolysis) is 1. The van der Waals surface area contributed by atoms with Crippen molar-refractivity contribution in [1.29, 1.82) is 0 Å². The zero-order valence-corrected chi connectivity index (χ0v) is 23.7. The fraction of sp³-hybridized carbons (Fsp3) is 0.406. The molecule has 216 valence electrons. The van der Waals surface area contributed by atoms with Gasteiger partial charge in [0.25, 0.3) is 0 Å². The minimum absolute atomic E-state index is 0.0451. The number of nitrogens with one attached hydrogen (secondary N) is 2. The van der Waals surface area contributed by atoms with Gasteiger partial charge in [0.15, 0.2) is 0 Å². The van der Waals surface area contributed by atoms with Gasteiger partial charge in [-0.25, -0.2) is 14.4 Å². The van der Waals surface area contributed by atoms with E-state index in [9.17, 15) is 19.5 Å². The third-order valence-electron chi connectivity index (χ3n) is 7.76. The number of carboxylic acids is 1. The van der Waals surface area contributed by atoms with E-state index in [2.05, 4.69) is 34.6 Å². The molecule has 3 aromatic rings. The Morgan fingerprint density at radius 1 is 0.976 bits per heavy atom. The Kier molecular flexibility index (Phi) is 8.06. The number of rotatable bonds is 7. The second-order valence-electron chi connectivity index (χ2n) is 11.8. The molecule has 0 atom stereocenters. The van der Waals surface area contributed by atoms with Crippen molar-refractivity contribution in [1.82, 2.24) is 15.2 Å². The molecule has 9 heteroatoms. The van der Waals surface area contributed by atoms with Crippen molar-refractivity contribution in [2.45, 2.75) is 76.6 Å². The number of carboxylic acid groups (broad SMARTS) is 1. The third-order valence-corrected chi connectivity index (χ3v) is 7.76. The number of ether oxygens (including phenoxy) is 2. The molecule has 0 unspecified atom stereocenters. The van der Waals surface area contributed by atoms with Crippen molar-refractivity contribution in [2.24, 2.45) is 0 Å². The monoisotopic (exact) mass is 559 g/mol. The summed E-state index contributed by atoms with van der Waals surface area (Å²) in [5.74, 6) is -1.12. The Bertz CT molecular complexity index is 1370. The van der Waals surface area contributed by atoms with Gasteiger partial charge in [0.05, 0.1) is 6.54 Å². The second-order valence-corrected chi connectivity index (χ2v) is 11.8. The van der Waals surface area contributed by atoms with Crippen molar-refractivity contribution >= 4 is 18.2 Å². The van der Waals surface area contributed by atoms with Crippen molar-refractivity contribution in [3.8, 4) is 11.1 Å². The van der Waals surface area contributed by atoms with Crippen molar-refractivity contribution in [2.75, 3.05) is 6.61 Å². The number of hydrogen-bond donors (Lipinski definition) is 3. The summed E-state index contributed by atoms with van der Waals surface area (Å²) in [6.45, 7) is 5.90. The first kappa shape index (κ1) is 28.3. The largest absolute Gasteiger partial charge is 0.477 e. The van der Waals surface area contributed by atoms with Crippen LogP contribution >= 0.6 is 0 Å². The molecule has 2 amide bonds. The van der Waals surface area contributed by atoms with E-state index in [-0.39, 0.29) is 36.8 Å². The number of H-pyrrole nitrogens is 1. The highest BCUT2D eigenvalue weighted by atomic mass is 16.6. The third kappa shape index (κ3) is 6.56. The molecule has 41 heavy (non-hydrogen) atoms. The van der Waals surface area contributed by atoms with Gasteiger partial charge in [0.2, 0.25) is 0 Å². The van der Waals surface area contributed by atoms with Gasteiger partial charge in [0.1, 0.15) is 17.9 Å². The summed E-state index contributed by atoms with van der Waals surface area (Å²) in [5.41, 5.74) is 4.77. The molecular formula is C32H37N3O6. The normalized spacial score (nSPS) is 18.2. The number of aromatic carboxylic acids is 1. The summed E-state index contributed by atoms with van der Waals surface area (Å²) in [6.07, 6.45) is 3.44. The van der Waals surface area contributed by atoms with Crippen LogP contribution in [-0.2, 0) is 16.0 Å². The maximum Gasteiger partial charge on any atom is 0.410 e. The van der Waals surface area contributed by atoms with E-state index in [1.54, 1.807) is 17.2 Å². The number of aromatic amines is 1. The molecule has 1 fully saturated rings. The molecule has 9 nitrogen and oxygen atoms in total. The van der Waals surface area contributed by atoms with Crippen LogP contribution in [0.25, 0.3) is 11.1 Å². The smallest absolute Gasteiger partial charge is 0.410 e. The molecule has 0 saturated heterocycles. The molecule has 1 heterocycles. The number of benzene rings is 2. The van der Waals surface area contributed by atoms with Crippen LogP contribution in [0.1, 0.15) is 79.6 Å². The molecule has 1 aromatic heterocycles. The Morgan fingerprint density at radius 2 is 1.59 bits per heavy atom. The number of aromatic nitrogens is 1. The van der Waals surface area contributed by atoms with Crippen LogP contribution in [0.4, 0.5) is 9.59 Å². The summed E-state index contributed by atoms with van der Waals surface area (Å²) in [7, 11) is 0. The molecule has 5 rings (SSSR count). The van der Waals surface area contributed by atoms with Crippen molar-refractivity contribution < 1.29 is 29.0 Å². The standard InChI is InChI=1S/C32H37N3O6/c1-32(2,3)41-30(38)34-21-12-14-22(15-13-21)35(18-20-16-28(29(36)37)33-17-20)31(39)40-19-27-25-10-6-4-8-23(25)24-9-5-7-11-26(24)27/h4-11,16-17,21-22,27,33H,12-15,18-19H2,1-3H3,(H,34,38)(H,36,37). The molecule has 3 N–H and O–H groups in total. The summed E-state index contributed by atoms with van der Waals surface area (Å²) < 4.78 is 11.4. The van der Waals surface area contributed by atoms with Gasteiger partial charge in [-0.15, -0.1) is 0 Å². The van der Waals surface area contributed by atoms with E-state index in [0.717, 1.165) is 22.3 Å². The topological polar surface area (TPSA) is 121 Å². The number of amides is 2. The van der Waals surface area contributed by atoms with Crippen LogP contribution in [0.5, 0.6) is 0 Å². The highest BCUT2D eigenvalue weighted by Gasteiger charge is 2.34. The Hall–Kier alpha value is -4.27. The molecule has 1 saturated carbocycles. The van der Waals surface area contributed by atoms with Crippen LogP contribution < -0.4 is 5.32 Å². The Labute approximate surface area is 239 Å². The van der Waals surface area contributed by atoms with Crippen LogP contribution in [0.15, 0.2) is 60.8 Å². The summed E-state index contributed by atoms with van der Waals surface area (Å²) >= 11 is 0. The maximum atomic E-state index is 13.7. The fourth-order valence-corrected chi connectivity index (χ4v) is 5.88. The molecule has 2 aliphatic carbocycles. The van der Waals surface area contributed by atoms with E-state index >= 15 is 0 Å². The quantitative estimate of drug-likeness (QED) is 0.312. The zero-order chi connectivity index (χ0) is 29.1. The average Bonchev–Trinajstić information content (AvgIpc) is 3.53. The highest BCUT2D eigenvalue weighted by molar-refractivity contribution is 5.85. The number of nitrogens with zero attached hydrogens (tertiary/aromatic N) is 1. The van der Waals surface area contributed by atoms with Crippen LogP contribution in [0, 0.1) is 0 Å². The lowest BCUT2D eigenvalue weighted by molar-refractivity contribution is 0.0454. The Morgan fingerprint density at radius 3 is 2.15 bits per heavy atom. The molecular weight excluding hydrogens is 522 g/mol. The van der Waals surface area contributed by atoms with Crippen LogP contribution in [0.2, 0.25) is 0 Å². The lowest BCUT2D eigenvalue weighted by atomic mass is 9.90. The van der Waals surface area contributed by atoms with Gasteiger partial charge < -0.3 is 29.8 Å². The van der Waals surface area contributed by atoms with E-state index in [1.165, 1.54) is 0 Å². The number of carbonyl (C=O) groups excluding carboxylic acids is 2. The van der Waals surface area contributed by atoms with Gasteiger partial charge in [-0.3, -0.25) is 0 Å². The SMILES string of the molecule is CC(C)(C)OC(=O)NC1CCC(N(Cc2c[nH]c(C(=O)O)c2)C(=O)OCC2c3ccccc3-c3ccccc32)CC1. The van der Waals surface area contributed by atoms with Gasteiger partial charge in [-0.2, -0.15) is 0 Å². The molecule has 2 aliphatic rings. The predicted molar refractivity (Wildman–Crippen MR) is 154 cm³/mol. The lowest BCUT2D eigenvalue weighted by Crippen LogP contribution is -2.47. The molecule has 2 aromatic carbocycles. The van der Waals surface area contributed by atoms with Gasteiger partial charge in [-0.1, -0.05) is 48.5 Å². The van der Waals surface area contributed by atoms with Gasteiger partial charge in [-0.05, 0) is 80.3 Å². The minimum atomic E-state index is -1.06. The van der Waals surface area contributed by atoms with Gasteiger partial charge in [0, 0.05) is 24.2 Å². The number of hydrogen-bond acceptors (Lipinski definition) is 5. The maximum absolute atomic E-state index is 13.7. The van der Waals surface area contributed by atoms with E-state index in [0.29, 0.717) is 31.2 Å². The first-order chi connectivity index (χ1) is 19.6. The van der Waals surface area contributed by atoms with Gasteiger partial charge >= 0.3 is 18.2 Å². The summed E-state index contributed by atoms with van der Waals surface area (Å²) in [6, 6.07) is 17.8. The predicted octanol–water partition coefficient (Wildman–Crippen LogP) is 6.30. The first-order valence-corrected chi connectivity index (χ1v) is 14.1. The highest BCUT2D eigenvalue weighted by Crippen LogP contribution is 2.44. The first-order valence-electron chi connectivity index (χ1n) is 14.1. The van der Waals surface area contributed by atoms with E-state index in [4.69, 9.17) is 9.47 Å².